The molecule has 0 aromatic heterocycles. The maximum absolute atomic E-state index is 5.95. The van der Waals surface area contributed by atoms with E-state index in [-0.39, 0.29) is 6.29 Å². The lowest BCUT2D eigenvalue weighted by Gasteiger charge is -2.27. The van der Waals surface area contributed by atoms with Crippen LogP contribution in [0.3, 0.4) is 0 Å². The third-order valence-corrected chi connectivity index (χ3v) is 3.14. The summed E-state index contributed by atoms with van der Waals surface area (Å²) in [7, 11) is 0. The third-order valence-electron chi connectivity index (χ3n) is 3.14. The van der Waals surface area contributed by atoms with E-state index >= 15 is 0 Å². The quantitative estimate of drug-likeness (QED) is 0.822. The lowest BCUT2D eigenvalue weighted by molar-refractivity contribution is -0.0338. The van der Waals surface area contributed by atoms with Crippen LogP contribution in [0.5, 0.6) is 5.75 Å². The molecule has 1 aliphatic rings. The molecule has 96 valence electrons. The molecular formula is C17H16O2. The SMILES string of the molecule is CCOC1Oc2ccccc2C=C1c1ccccc1. The topological polar surface area (TPSA) is 18.5 Å². The summed E-state index contributed by atoms with van der Waals surface area (Å²) >= 11 is 0. The molecule has 0 saturated carbocycles. The Morgan fingerprint density at radius 3 is 2.53 bits per heavy atom. The fourth-order valence-corrected chi connectivity index (χ4v) is 2.25. The van der Waals surface area contributed by atoms with Crippen LogP contribution in [0.1, 0.15) is 18.1 Å². The minimum absolute atomic E-state index is 0.331. The second-order valence-corrected chi connectivity index (χ2v) is 4.41. The van der Waals surface area contributed by atoms with Crippen molar-refractivity contribution in [2.45, 2.75) is 13.2 Å². The number of hydrogen-bond acceptors (Lipinski definition) is 2. The van der Waals surface area contributed by atoms with Gasteiger partial charge in [0.2, 0.25) is 6.29 Å². The zero-order chi connectivity index (χ0) is 13.1. The number of benzene rings is 2. The molecule has 1 unspecified atom stereocenters. The first-order valence-corrected chi connectivity index (χ1v) is 6.53. The first kappa shape index (κ1) is 12.0. The van der Waals surface area contributed by atoms with Crippen molar-refractivity contribution in [1.82, 2.24) is 0 Å². The highest BCUT2D eigenvalue weighted by Gasteiger charge is 2.23. The molecule has 1 aliphatic heterocycles. The van der Waals surface area contributed by atoms with Gasteiger partial charge >= 0.3 is 0 Å². The molecular weight excluding hydrogens is 236 g/mol. The smallest absolute Gasteiger partial charge is 0.227 e. The van der Waals surface area contributed by atoms with Gasteiger partial charge in [0, 0.05) is 17.7 Å². The second-order valence-electron chi connectivity index (χ2n) is 4.41. The highest BCUT2D eigenvalue weighted by atomic mass is 16.7. The average Bonchev–Trinajstić information content (AvgIpc) is 2.48. The summed E-state index contributed by atoms with van der Waals surface area (Å²) in [5.74, 6) is 0.876. The molecule has 1 atom stereocenters. The fraction of sp³-hybridized carbons (Fsp3) is 0.176. The van der Waals surface area contributed by atoms with E-state index in [2.05, 4.69) is 24.3 Å². The molecule has 3 rings (SSSR count). The Morgan fingerprint density at radius 1 is 1.00 bits per heavy atom. The van der Waals surface area contributed by atoms with Gasteiger partial charge < -0.3 is 9.47 Å². The number of rotatable bonds is 3. The van der Waals surface area contributed by atoms with Gasteiger partial charge in [-0.2, -0.15) is 0 Å². The summed E-state index contributed by atoms with van der Waals surface area (Å²) in [5.41, 5.74) is 3.30. The van der Waals surface area contributed by atoms with Crippen LogP contribution >= 0.6 is 0 Å². The summed E-state index contributed by atoms with van der Waals surface area (Å²) < 4.78 is 11.7. The average molecular weight is 252 g/mol. The molecule has 0 saturated heterocycles. The van der Waals surface area contributed by atoms with Gasteiger partial charge in [0.25, 0.3) is 0 Å². The standard InChI is InChI=1S/C17H16O2/c1-2-18-17-15(13-8-4-3-5-9-13)12-14-10-6-7-11-16(14)19-17/h3-12,17H,2H2,1H3. The summed E-state index contributed by atoms with van der Waals surface area (Å²) in [6.07, 6.45) is 1.82. The van der Waals surface area contributed by atoms with Gasteiger partial charge in [0.15, 0.2) is 0 Å². The van der Waals surface area contributed by atoms with Crippen molar-refractivity contribution < 1.29 is 9.47 Å². The molecule has 2 nitrogen and oxygen atoms in total. The van der Waals surface area contributed by atoms with E-state index in [1.807, 2.05) is 43.3 Å². The van der Waals surface area contributed by atoms with Crippen molar-refractivity contribution in [3.63, 3.8) is 0 Å². The first-order chi connectivity index (χ1) is 9.38. The van der Waals surface area contributed by atoms with Crippen LogP contribution in [0.4, 0.5) is 0 Å². The number of fused-ring (bicyclic) bond motifs is 1. The number of ether oxygens (including phenoxy) is 2. The van der Waals surface area contributed by atoms with Crippen LogP contribution < -0.4 is 4.74 Å². The van der Waals surface area contributed by atoms with E-state index in [1.165, 1.54) is 0 Å². The predicted molar refractivity (Wildman–Crippen MR) is 76.8 cm³/mol. The molecule has 0 spiro atoms. The molecule has 0 amide bonds. The van der Waals surface area contributed by atoms with Crippen LogP contribution in [0.15, 0.2) is 54.6 Å². The van der Waals surface area contributed by atoms with Crippen LogP contribution in [0.2, 0.25) is 0 Å². The van der Waals surface area contributed by atoms with Crippen molar-refractivity contribution in [2.24, 2.45) is 0 Å². The highest BCUT2D eigenvalue weighted by molar-refractivity contribution is 5.86. The largest absolute Gasteiger partial charge is 0.460 e. The van der Waals surface area contributed by atoms with Crippen molar-refractivity contribution in [2.75, 3.05) is 6.61 Å². The van der Waals surface area contributed by atoms with E-state index in [0.29, 0.717) is 6.61 Å². The van der Waals surface area contributed by atoms with Crippen molar-refractivity contribution in [3.05, 3.63) is 65.7 Å². The van der Waals surface area contributed by atoms with Gasteiger partial charge in [-0.05, 0) is 24.6 Å². The Balaban J connectivity index is 2.05. The van der Waals surface area contributed by atoms with E-state index in [1.54, 1.807) is 0 Å². The summed E-state index contributed by atoms with van der Waals surface area (Å²) in [6, 6.07) is 18.2. The van der Waals surface area contributed by atoms with Crippen molar-refractivity contribution in [1.29, 1.82) is 0 Å². The Labute approximate surface area is 113 Å². The predicted octanol–water partition coefficient (Wildman–Crippen LogP) is 3.98. The molecule has 0 N–H and O–H groups in total. The Hall–Kier alpha value is -2.06. The summed E-state index contributed by atoms with van der Waals surface area (Å²) in [4.78, 5) is 0. The van der Waals surface area contributed by atoms with Gasteiger partial charge in [-0.25, -0.2) is 0 Å². The summed E-state index contributed by atoms with van der Waals surface area (Å²) in [6.45, 7) is 2.60. The third kappa shape index (κ3) is 2.40. The lowest BCUT2D eigenvalue weighted by atomic mass is 9.99. The zero-order valence-electron chi connectivity index (χ0n) is 10.9. The first-order valence-electron chi connectivity index (χ1n) is 6.53. The van der Waals surface area contributed by atoms with Gasteiger partial charge in [0.1, 0.15) is 5.75 Å². The molecule has 0 fully saturated rings. The molecule has 0 bridgehead atoms. The molecule has 1 heterocycles. The van der Waals surface area contributed by atoms with Gasteiger partial charge in [0.05, 0.1) is 0 Å². The van der Waals surface area contributed by atoms with Gasteiger partial charge in [-0.3, -0.25) is 0 Å². The molecule has 0 aliphatic carbocycles. The maximum atomic E-state index is 5.95. The fourth-order valence-electron chi connectivity index (χ4n) is 2.25. The Kier molecular flexibility index (Phi) is 3.34. The number of hydrogen-bond donors (Lipinski definition) is 0. The van der Waals surface area contributed by atoms with E-state index in [4.69, 9.17) is 9.47 Å². The van der Waals surface area contributed by atoms with Crippen LogP contribution in [-0.2, 0) is 4.74 Å². The van der Waals surface area contributed by atoms with E-state index in [9.17, 15) is 0 Å². The lowest BCUT2D eigenvalue weighted by Crippen LogP contribution is -2.25. The van der Waals surface area contributed by atoms with Crippen LogP contribution in [0.25, 0.3) is 11.6 Å². The van der Waals surface area contributed by atoms with Crippen molar-refractivity contribution in [3.8, 4) is 5.75 Å². The van der Waals surface area contributed by atoms with Crippen LogP contribution in [0, 0.1) is 0 Å². The zero-order valence-corrected chi connectivity index (χ0v) is 10.9. The highest BCUT2D eigenvalue weighted by Crippen LogP contribution is 2.34. The van der Waals surface area contributed by atoms with Gasteiger partial charge in [-0.15, -0.1) is 0 Å². The molecule has 2 aromatic rings. The minimum Gasteiger partial charge on any atom is -0.460 e. The van der Waals surface area contributed by atoms with Gasteiger partial charge in [-0.1, -0.05) is 48.5 Å². The van der Waals surface area contributed by atoms with E-state index < -0.39 is 0 Å². The normalized spacial score (nSPS) is 17.3. The monoisotopic (exact) mass is 252 g/mol. The molecule has 19 heavy (non-hydrogen) atoms. The maximum Gasteiger partial charge on any atom is 0.227 e. The summed E-state index contributed by atoms with van der Waals surface area (Å²) in [5, 5.41) is 0. The van der Waals surface area contributed by atoms with Crippen LogP contribution in [-0.4, -0.2) is 12.9 Å². The Morgan fingerprint density at radius 2 is 1.74 bits per heavy atom. The molecule has 2 aromatic carbocycles. The molecule has 0 radical (unpaired) electrons. The second kappa shape index (κ2) is 5.29. The van der Waals surface area contributed by atoms with Crippen molar-refractivity contribution >= 4 is 11.6 Å². The van der Waals surface area contributed by atoms with E-state index in [0.717, 1.165) is 22.4 Å². The number of para-hydroxylation sites is 1. The molecule has 2 heteroatoms. The Bertz CT molecular complexity index is 587. The minimum atomic E-state index is -0.331.